The molecule has 0 heterocycles. The predicted octanol–water partition coefficient (Wildman–Crippen LogP) is 22.5. The molecule has 3 unspecified atom stereocenters. The summed E-state index contributed by atoms with van der Waals surface area (Å²) in [4.78, 5) is 23.4. The number of aliphatic hydroxyl groups is 1. The Morgan fingerprint density at radius 1 is 0.418 bits per heavy atom. The van der Waals surface area contributed by atoms with E-state index in [2.05, 4.69) is 19.2 Å². The highest BCUT2D eigenvalue weighted by Gasteiger charge is 2.28. The van der Waals surface area contributed by atoms with E-state index in [4.69, 9.17) is 9.05 Å². The van der Waals surface area contributed by atoms with Crippen molar-refractivity contribution in [3.63, 3.8) is 0 Å². The summed E-state index contributed by atoms with van der Waals surface area (Å²) >= 11 is 0. The monoisotopic (exact) mass is 1140 g/mol. The summed E-state index contributed by atoms with van der Waals surface area (Å²) in [5.41, 5.74) is 0. The third-order valence-corrected chi connectivity index (χ3v) is 17.7. The quantitative estimate of drug-likeness (QED) is 0.0243. The molecule has 0 bridgehead atoms. The van der Waals surface area contributed by atoms with E-state index < -0.39 is 20.0 Å². The molecule has 79 heavy (non-hydrogen) atoms. The number of rotatable bonds is 67. The average Bonchev–Trinajstić information content (AvgIpc) is 3.42. The van der Waals surface area contributed by atoms with E-state index in [0.717, 1.165) is 32.1 Å². The first-order chi connectivity index (χ1) is 38.5. The van der Waals surface area contributed by atoms with E-state index in [0.29, 0.717) is 17.4 Å². The molecule has 472 valence electrons. The SMILES string of the molecule is CCCCCCCCCCCCCCCCCCCCCC/C=C/C(O)C(COP(=O)(O)OCC[N+](C)(C)C)NC(=O)CCCCCCCCCCCCCCCCCCCCCCCCCCCCCCCCCCCCC. The topological polar surface area (TPSA) is 105 Å². The Morgan fingerprint density at radius 2 is 0.671 bits per heavy atom. The van der Waals surface area contributed by atoms with Crippen molar-refractivity contribution in [3.05, 3.63) is 12.2 Å². The average molecular weight is 1140 g/mol. The third-order valence-electron chi connectivity index (χ3n) is 16.8. The minimum absolute atomic E-state index is 0.0655. The van der Waals surface area contributed by atoms with Crippen molar-refractivity contribution >= 4 is 13.7 Å². The van der Waals surface area contributed by atoms with Crippen LogP contribution >= 0.6 is 7.82 Å². The number of aliphatic hydroxyl groups excluding tert-OH is 1. The van der Waals surface area contributed by atoms with Crippen LogP contribution in [0.5, 0.6) is 0 Å². The molecule has 9 heteroatoms. The molecular weight excluding hydrogens is 996 g/mol. The summed E-state index contributed by atoms with van der Waals surface area (Å²) in [5.74, 6) is -0.167. The van der Waals surface area contributed by atoms with Gasteiger partial charge in [0.05, 0.1) is 39.9 Å². The van der Waals surface area contributed by atoms with Gasteiger partial charge in [-0.3, -0.25) is 13.8 Å². The summed E-state index contributed by atoms with van der Waals surface area (Å²) in [6.07, 6.45) is 79.4. The highest BCUT2D eigenvalue weighted by molar-refractivity contribution is 7.47. The number of phosphoric acid groups is 1. The molecule has 8 nitrogen and oxygen atoms in total. The largest absolute Gasteiger partial charge is 0.472 e. The number of likely N-dealkylation sites (N-methyl/N-ethyl adjacent to an activating group) is 1. The second-order valence-electron chi connectivity index (χ2n) is 26.0. The standard InChI is InChI=1S/C70H141N2O6P/c1-6-8-10-12-14-16-18-20-22-24-26-28-30-31-32-33-34-35-36-37-38-39-40-41-42-44-46-48-50-52-54-56-58-60-62-64-70(74)71-68(67-78-79(75,76)77-66-65-72(3,4)5)69(73)63-61-59-57-55-53-51-49-47-45-43-29-27-25-23-21-19-17-15-13-11-9-7-2/h61,63,68-69,73H,6-60,62,64-67H2,1-5H3,(H-,71,74,75,76)/p+1/b63-61+. The molecule has 0 aromatic heterocycles. The summed E-state index contributed by atoms with van der Waals surface area (Å²) < 4.78 is 23.8. The number of allylic oxidation sites excluding steroid dienone is 1. The van der Waals surface area contributed by atoms with Crippen molar-refractivity contribution in [3.8, 4) is 0 Å². The summed E-state index contributed by atoms with van der Waals surface area (Å²) in [6.45, 7) is 4.89. The highest BCUT2D eigenvalue weighted by Crippen LogP contribution is 2.43. The van der Waals surface area contributed by atoms with Crippen LogP contribution in [0.25, 0.3) is 0 Å². The zero-order valence-electron chi connectivity index (χ0n) is 54.2. The van der Waals surface area contributed by atoms with Gasteiger partial charge < -0.3 is 19.8 Å². The Morgan fingerprint density at radius 3 is 0.937 bits per heavy atom. The number of nitrogens with one attached hydrogen (secondary N) is 1. The Balaban J connectivity index is 3.96. The smallest absolute Gasteiger partial charge is 0.387 e. The van der Waals surface area contributed by atoms with Crippen LogP contribution in [-0.2, 0) is 18.4 Å². The van der Waals surface area contributed by atoms with Gasteiger partial charge in [0.2, 0.25) is 5.91 Å². The molecule has 0 fully saturated rings. The molecule has 0 spiro atoms. The van der Waals surface area contributed by atoms with E-state index in [9.17, 15) is 19.4 Å². The lowest BCUT2D eigenvalue weighted by atomic mass is 10.0. The van der Waals surface area contributed by atoms with Gasteiger partial charge in [-0.25, -0.2) is 4.57 Å². The lowest BCUT2D eigenvalue weighted by Gasteiger charge is -2.25. The van der Waals surface area contributed by atoms with Crippen molar-refractivity contribution in [2.75, 3.05) is 40.9 Å². The number of unbranched alkanes of at least 4 members (excludes halogenated alkanes) is 54. The number of carbonyl (C=O) groups is 1. The fourth-order valence-electron chi connectivity index (χ4n) is 11.2. The van der Waals surface area contributed by atoms with Gasteiger partial charge in [-0.1, -0.05) is 366 Å². The zero-order chi connectivity index (χ0) is 57.7. The van der Waals surface area contributed by atoms with Crippen LogP contribution in [0.1, 0.15) is 380 Å². The van der Waals surface area contributed by atoms with Gasteiger partial charge >= 0.3 is 7.82 Å². The van der Waals surface area contributed by atoms with E-state index in [1.165, 1.54) is 327 Å². The summed E-state index contributed by atoms with van der Waals surface area (Å²) in [6, 6.07) is -0.843. The second-order valence-corrected chi connectivity index (χ2v) is 27.4. The first kappa shape index (κ1) is 78.2. The Kier molecular flexibility index (Phi) is 61.2. The number of hydrogen-bond acceptors (Lipinski definition) is 5. The minimum Gasteiger partial charge on any atom is -0.387 e. The fourth-order valence-corrected chi connectivity index (χ4v) is 12.0. The lowest BCUT2D eigenvalue weighted by Crippen LogP contribution is -2.45. The third kappa shape index (κ3) is 64.7. The van der Waals surface area contributed by atoms with Gasteiger partial charge in [-0.15, -0.1) is 0 Å². The number of amides is 1. The van der Waals surface area contributed by atoms with Gasteiger partial charge in [0, 0.05) is 6.42 Å². The predicted molar refractivity (Wildman–Crippen MR) is 346 cm³/mol. The van der Waals surface area contributed by atoms with Crippen molar-refractivity contribution < 1.29 is 32.9 Å². The van der Waals surface area contributed by atoms with Gasteiger partial charge in [0.1, 0.15) is 13.2 Å². The van der Waals surface area contributed by atoms with Gasteiger partial charge in [0.15, 0.2) is 0 Å². The molecule has 0 aliphatic carbocycles. The van der Waals surface area contributed by atoms with Gasteiger partial charge in [-0.05, 0) is 19.3 Å². The number of phosphoric ester groups is 1. The van der Waals surface area contributed by atoms with Crippen LogP contribution in [0.3, 0.4) is 0 Å². The first-order valence-corrected chi connectivity index (χ1v) is 37.1. The van der Waals surface area contributed by atoms with Crippen LogP contribution in [0.15, 0.2) is 12.2 Å². The van der Waals surface area contributed by atoms with E-state index in [1.54, 1.807) is 6.08 Å². The minimum atomic E-state index is -4.35. The molecule has 0 saturated heterocycles. The molecule has 0 saturated carbocycles. The molecule has 0 aromatic carbocycles. The maximum absolute atomic E-state index is 13.0. The van der Waals surface area contributed by atoms with E-state index in [1.807, 2.05) is 27.2 Å². The lowest BCUT2D eigenvalue weighted by molar-refractivity contribution is -0.870. The van der Waals surface area contributed by atoms with Gasteiger partial charge in [-0.2, -0.15) is 0 Å². The second kappa shape index (κ2) is 61.8. The van der Waals surface area contributed by atoms with E-state index >= 15 is 0 Å². The highest BCUT2D eigenvalue weighted by atomic mass is 31.2. The molecule has 1 amide bonds. The molecule has 0 aromatic rings. The Bertz CT molecular complexity index is 1290. The molecule has 0 aliphatic rings. The Hall–Kier alpha value is -0.760. The molecular formula is C70H142N2O6P+. The van der Waals surface area contributed by atoms with Crippen molar-refractivity contribution in [1.82, 2.24) is 5.32 Å². The molecule has 3 atom stereocenters. The number of carbonyl (C=O) groups excluding carboxylic acids is 1. The Labute approximate surface area is 494 Å². The molecule has 0 rings (SSSR count). The number of hydrogen-bond donors (Lipinski definition) is 3. The molecule has 0 aliphatic heterocycles. The van der Waals surface area contributed by atoms with Crippen molar-refractivity contribution in [2.45, 2.75) is 392 Å². The summed E-state index contributed by atoms with van der Waals surface area (Å²) in [7, 11) is 1.60. The fraction of sp³-hybridized carbons (Fsp3) is 0.957. The van der Waals surface area contributed by atoms with Crippen LogP contribution in [0, 0.1) is 0 Å². The van der Waals surface area contributed by atoms with Crippen LogP contribution in [0.2, 0.25) is 0 Å². The number of nitrogens with zero attached hydrogens (tertiary/aromatic N) is 1. The maximum Gasteiger partial charge on any atom is 0.472 e. The van der Waals surface area contributed by atoms with Crippen LogP contribution in [-0.4, -0.2) is 73.4 Å². The van der Waals surface area contributed by atoms with Crippen LogP contribution < -0.4 is 5.32 Å². The number of quaternary nitrogens is 1. The van der Waals surface area contributed by atoms with Crippen molar-refractivity contribution in [1.29, 1.82) is 0 Å². The molecule has 3 N–H and O–H groups in total. The zero-order valence-corrected chi connectivity index (χ0v) is 55.1. The van der Waals surface area contributed by atoms with Crippen molar-refractivity contribution in [2.24, 2.45) is 0 Å². The summed E-state index contributed by atoms with van der Waals surface area (Å²) in [5, 5.41) is 14.0. The normalized spacial score (nSPS) is 13.7. The van der Waals surface area contributed by atoms with E-state index in [-0.39, 0.29) is 19.1 Å². The van der Waals surface area contributed by atoms with Crippen LogP contribution in [0.4, 0.5) is 0 Å². The van der Waals surface area contributed by atoms with Gasteiger partial charge in [0.25, 0.3) is 0 Å². The first-order valence-electron chi connectivity index (χ1n) is 35.6. The maximum atomic E-state index is 13.0. The molecule has 0 radical (unpaired) electrons.